The molecule has 2 heterocycles. The predicted molar refractivity (Wildman–Crippen MR) is 94.8 cm³/mol. The highest BCUT2D eigenvalue weighted by Gasteiger charge is 2.50. The number of urea groups is 1. The van der Waals surface area contributed by atoms with Crippen molar-refractivity contribution in [3.63, 3.8) is 0 Å². The number of anilines is 1. The summed E-state index contributed by atoms with van der Waals surface area (Å²) in [6.07, 6.45) is 0.666. The molecular formula is C19H19ClN2O2. The Kier molecular flexibility index (Phi) is 3.29. The summed E-state index contributed by atoms with van der Waals surface area (Å²) >= 11 is 6.11. The molecule has 2 unspecified atom stereocenters. The molecule has 1 fully saturated rings. The Morgan fingerprint density at radius 2 is 2.04 bits per heavy atom. The number of carbonyl (C=O) groups is 1. The van der Waals surface area contributed by atoms with E-state index in [2.05, 4.69) is 11.4 Å². The largest absolute Gasteiger partial charge is 0.467 e. The van der Waals surface area contributed by atoms with Crippen molar-refractivity contribution in [2.24, 2.45) is 0 Å². The van der Waals surface area contributed by atoms with Gasteiger partial charge in [-0.05, 0) is 50.6 Å². The first-order chi connectivity index (χ1) is 11.4. The molecule has 124 valence electrons. The second kappa shape index (κ2) is 5.15. The fourth-order valence-corrected chi connectivity index (χ4v) is 3.95. The number of hydrogen-bond donors (Lipinski definition) is 1. The second-order valence-electron chi connectivity index (χ2n) is 6.79. The molecular weight excluding hydrogens is 324 g/mol. The fourth-order valence-electron chi connectivity index (χ4n) is 3.77. The predicted octanol–water partition coefficient (Wildman–Crippen LogP) is 4.73. The van der Waals surface area contributed by atoms with Crippen molar-refractivity contribution in [1.29, 1.82) is 0 Å². The van der Waals surface area contributed by atoms with E-state index < -0.39 is 5.72 Å². The first-order valence-electron chi connectivity index (χ1n) is 8.04. The molecule has 0 radical (unpaired) electrons. The standard InChI is InChI=1S/C19H19ClN2O2/c1-11-4-6-16(12(2)8-11)22-18(23)21-15-10-19(22,3)24-17-7-5-13(20)9-14(15)17/h4-9,15H,10H2,1-3H3,(H,21,23). The van der Waals surface area contributed by atoms with Gasteiger partial charge in [0.05, 0.1) is 11.7 Å². The molecule has 2 aliphatic rings. The molecule has 2 aromatic rings. The maximum absolute atomic E-state index is 12.8. The second-order valence-corrected chi connectivity index (χ2v) is 7.23. The van der Waals surface area contributed by atoms with Gasteiger partial charge in [-0.3, -0.25) is 4.90 Å². The number of aryl methyl sites for hydroxylation is 2. The van der Waals surface area contributed by atoms with Crippen LogP contribution in [-0.4, -0.2) is 11.8 Å². The molecule has 2 aliphatic heterocycles. The van der Waals surface area contributed by atoms with E-state index in [4.69, 9.17) is 16.3 Å². The molecule has 0 spiro atoms. The average Bonchev–Trinajstić information content (AvgIpc) is 2.50. The van der Waals surface area contributed by atoms with Crippen molar-refractivity contribution in [3.05, 3.63) is 58.1 Å². The van der Waals surface area contributed by atoms with Crippen molar-refractivity contribution < 1.29 is 9.53 Å². The highest BCUT2D eigenvalue weighted by Crippen LogP contribution is 2.46. The van der Waals surface area contributed by atoms with Gasteiger partial charge in [0.15, 0.2) is 5.72 Å². The third kappa shape index (κ3) is 2.25. The summed E-state index contributed by atoms with van der Waals surface area (Å²) in [6, 6.07) is 11.4. The van der Waals surface area contributed by atoms with Crippen LogP contribution in [0.3, 0.4) is 0 Å². The third-order valence-corrected chi connectivity index (χ3v) is 5.06. The van der Waals surface area contributed by atoms with Crippen LogP contribution in [0.25, 0.3) is 0 Å². The van der Waals surface area contributed by atoms with Crippen LogP contribution in [0.1, 0.15) is 36.1 Å². The van der Waals surface area contributed by atoms with Crippen LogP contribution >= 0.6 is 11.6 Å². The lowest BCUT2D eigenvalue weighted by molar-refractivity contribution is 0.0378. The number of hydrogen-bond acceptors (Lipinski definition) is 2. The van der Waals surface area contributed by atoms with Gasteiger partial charge in [-0.1, -0.05) is 29.3 Å². The van der Waals surface area contributed by atoms with Crippen LogP contribution in [-0.2, 0) is 0 Å². The SMILES string of the molecule is Cc1ccc(N2C(=O)NC3CC2(C)Oc2ccc(Cl)cc23)c(C)c1. The normalized spacial score (nSPS) is 24.9. The summed E-state index contributed by atoms with van der Waals surface area (Å²) in [5.74, 6) is 0.771. The van der Waals surface area contributed by atoms with Crippen molar-refractivity contribution in [2.45, 2.75) is 39.0 Å². The number of benzene rings is 2. The van der Waals surface area contributed by atoms with Crippen LogP contribution in [0.4, 0.5) is 10.5 Å². The first kappa shape index (κ1) is 15.3. The Morgan fingerprint density at radius 3 is 2.79 bits per heavy atom. The van der Waals surface area contributed by atoms with Gasteiger partial charge in [0, 0.05) is 17.0 Å². The van der Waals surface area contributed by atoms with Crippen LogP contribution < -0.4 is 15.0 Å². The minimum absolute atomic E-state index is 0.0908. The van der Waals surface area contributed by atoms with E-state index >= 15 is 0 Å². The highest BCUT2D eigenvalue weighted by atomic mass is 35.5. The molecule has 2 bridgehead atoms. The fraction of sp³-hybridized carbons (Fsp3) is 0.316. The van der Waals surface area contributed by atoms with Gasteiger partial charge >= 0.3 is 6.03 Å². The highest BCUT2D eigenvalue weighted by molar-refractivity contribution is 6.30. The molecule has 2 amide bonds. The van der Waals surface area contributed by atoms with E-state index in [1.54, 1.807) is 4.90 Å². The Labute approximate surface area is 146 Å². The molecule has 4 nitrogen and oxygen atoms in total. The Morgan fingerprint density at radius 1 is 1.25 bits per heavy atom. The lowest BCUT2D eigenvalue weighted by Crippen LogP contribution is -2.65. The summed E-state index contributed by atoms with van der Waals surface area (Å²) in [7, 11) is 0. The number of nitrogens with zero attached hydrogens (tertiary/aromatic N) is 1. The lowest BCUT2D eigenvalue weighted by atomic mass is 9.90. The zero-order valence-electron chi connectivity index (χ0n) is 13.9. The zero-order chi connectivity index (χ0) is 17.1. The molecule has 5 heteroatoms. The summed E-state index contributed by atoms with van der Waals surface area (Å²) in [5.41, 5.74) is 3.30. The van der Waals surface area contributed by atoms with Crippen LogP contribution in [0.15, 0.2) is 36.4 Å². The summed E-state index contributed by atoms with van der Waals surface area (Å²) in [6.45, 7) is 6.03. The van der Waals surface area contributed by atoms with Gasteiger partial charge in [0.25, 0.3) is 0 Å². The number of carbonyl (C=O) groups excluding carboxylic acids is 1. The number of nitrogens with one attached hydrogen (secondary N) is 1. The topological polar surface area (TPSA) is 41.6 Å². The monoisotopic (exact) mass is 342 g/mol. The molecule has 2 aromatic carbocycles. The number of halogens is 1. The minimum atomic E-state index is -0.728. The van der Waals surface area contributed by atoms with E-state index in [-0.39, 0.29) is 12.1 Å². The van der Waals surface area contributed by atoms with Gasteiger partial charge < -0.3 is 10.1 Å². The number of ether oxygens (including phenoxy) is 1. The molecule has 0 saturated carbocycles. The maximum Gasteiger partial charge on any atom is 0.325 e. The van der Waals surface area contributed by atoms with Crippen LogP contribution in [0, 0.1) is 13.8 Å². The van der Waals surface area contributed by atoms with Crippen molar-refractivity contribution >= 4 is 23.3 Å². The van der Waals surface area contributed by atoms with E-state index in [1.807, 2.05) is 51.1 Å². The molecule has 4 rings (SSSR count). The number of rotatable bonds is 1. The smallest absolute Gasteiger partial charge is 0.325 e. The molecule has 1 saturated heterocycles. The Balaban J connectivity index is 1.82. The number of fused-ring (bicyclic) bond motifs is 4. The zero-order valence-corrected chi connectivity index (χ0v) is 14.6. The van der Waals surface area contributed by atoms with Crippen LogP contribution in [0.2, 0.25) is 5.02 Å². The van der Waals surface area contributed by atoms with Crippen molar-refractivity contribution in [3.8, 4) is 5.75 Å². The van der Waals surface area contributed by atoms with E-state index in [0.29, 0.717) is 11.4 Å². The average molecular weight is 343 g/mol. The van der Waals surface area contributed by atoms with Crippen LogP contribution in [0.5, 0.6) is 5.75 Å². The summed E-state index contributed by atoms with van der Waals surface area (Å²) in [5, 5.41) is 3.74. The van der Waals surface area contributed by atoms with Gasteiger partial charge in [0.1, 0.15) is 5.75 Å². The molecule has 0 aromatic heterocycles. The van der Waals surface area contributed by atoms with Crippen molar-refractivity contribution in [1.82, 2.24) is 5.32 Å². The Hall–Kier alpha value is -2.20. The van der Waals surface area contributed by atoms with Gasteiger partial charge in [0.2, 0.25) is 0 Å². The summed E-state index contributed by atoms with van der Waals surface area (Å²) < 4.78 is 6.27. The van der Waals surface area contributed by atoms with Gasteiger partial charge in [-0.25, -0.2) is 4.79 Å². The first-order valence-corrected chi connectivity index (χ1v) is 8.42. The lowest BCUT2D eigenvalue weighted by Gasteiger charge is -2.51. The van der Waals surface area contributed by atoms with E-state index in [1.165, 1.54) is 5.56 Å². The summed E-state index contributed by atoms with van der Waals surface area (Å²) in [4.78, 5) is 14.6. The molecule has 0 aliphatic carbocycles. The Bertz CT molecular complexity index is 851. The van der Waals surface area contributed by atoms with Gasteiger partial charge in [-0.2, -0.15) is 0 Å². The third-order valence-electron chi connectivity index (χ3n) is 4.83. The van der Waals surface area contributed by atoms with Crippen molar-refractivity contribution in [2.75, 3.05) is 4.90 Å². The van der Waals surface area contributed by atoms with E-state index in [0.717, 1.165) is 22.6 Å². The van der Waals surface area contributed by atoms with E-state index in [9.17, 15) is 4.79 Å². The van der Waals surface area contributed by atoms with Gasteiger partial charge in [-0.15, -0.1) is 0 Å². The number of amides is 2. The molecule has 24 heavy (non-hydrogen) atoms. The maximum atomic E-state index is 12.8. The minimum Gasteiger partial charge on any atom is -0.467 e. The molecule has 1 N–H and O–H groups in total. The quantitative estimate of drug-likeness (QED) is 0.814. The molecule has 2 atom stereocenters.